The zero-order valence-corrected chi connectivity index (χ0v) is 11.8. The zero-order valence-electron chi connectivity index (χ0n) is 11.8. The first-order chi connectivity index (χ1) is 10.2. The van der Waals surface area contributed by atoms with E-state index in [1.165, 1.54) is 13.8 Å². The van der Waals surface area contributed by atoms with Crippen LogP contribution in [0.3, 0.4) is 0 Å². The Kier molecular flexibility index (Phi) is 3.87. The molecule has 0 N–H and O–H groups in total. The van der Waals surface area contributed by atoms with Crippen molar-refractivity contribution in [1.29, 1.82) is 0 Å². The molecule has 22 heavy (non-hydrogen) atoms. The van der Waals surface area contributed by atoms with Crippen LogP contribution in [0, 0.1) is 17.5 Å². The number of carbonyl (C=O) groups excluding carboxylic acids is 2. The van der Waals surface area contributed by atoms with E-state index < -0.39 is 52.1 Å². The van der Waals surface area contributed by atoms with Gasteiger partial charge in [0.2, 0.25) is 0 Å². The molecule has 0 spiro atoms. The number of cyclic esters (lactones) is 2. The lowest BCUT2D eigenvalue weighted by Crippen LogP contribution is -2.41. The number of hydrogen-bond donors (Lipinski definition) is 0. The summed E-state index contributed by atoms with van der Waals surface area (Å²) in [7, 11) is 1.09. The van der Waals surface area contributed by atoms with Crippen LogP contribution in [0.25, 0.3) is 6.08 Å². The van der Waals surface area contributed by atoms with Gasteiger partial charge in [-0.05, 0) is 6.08 Å². The minimum Gasteiger partial charge on any atom is -0.496 e. The van der Waals surface area contributed by atoms with Gasteiger partial charge in [0.1, 0.15) is 11.3 Å². The molecule has 0 saturated carbocycles. The molecule has 5 nitrogen and oxygen atoms in total. The smallest absolute Gasteiger partial charge is 0.348 e. The second-order valence-electron chi connectivity index (χ2n) is 4.84. The Morgan fingerprint density at radius 1 is 1.09 bits per heavy atom. The molecule has 1 aliphatic rings. The van der Waals surface area contributed by atoms with Crippen LogP contribution in [-0.4, -0.2) is 24.8 Å². The van der Waals surface area contributed by atoms with Crippen LogP contribution >= 0.6 is 0 Å². The highest BCUT2D eigenvalue weighted by atomic mass is 19.2. The Balaban J connectivity index is 2.56. The lowest BCUT2D eigenvalue weighted by molar-refractivity contribution is -0.222. The fourth-order valence-electron chi connectivity index (χ4n) is 1.81. The molecule has 0 aliphatic carbocycles. The van der Waals surface area contributed by atoms with E-state index in [4.69, 9.17) is 14.2 Å². The van der Waals surface area contributed by atoms with Crippen LogP contribution in [0.1, 0.15) is 19.4 Å². The zero-order chi connectivity index (χ0) is 16.7. The Morgan fingerprint density at radius 3 is 2.14 bits per heavy atom. The number of esters is 2. The molecule has 1 fully saturated rings. The van der Waals surface area contributed by atoms with Gasteiger partial charge in [-0.25, -0.2) is 22.8 Å². The summed E-state index contributed by atoms with van der Waals surface area (Å²) in [6, 6.07) is 0.592. The van der Waals surface area contributed by atoms with Gasteiger partial charge in [0.25, 0.3) is 5.79 Å². The van der Waals surface area contributed by atoms with Crippen molar-refractivity contribution in [2.45, 2.75) is 19.6 Å². The summed E-state index contributed by atoms with van der Waals surface area (Å²) < 4.78 is 54.6. The van der Waals surface area contributed by atoms with Crippen molar-refractivity contribution >= 4 is 18.0 Å². The average molecular weight is 316 g/mol. The van der Waals surface area contributed by atoms with Gasteiger partial charge in [0.05, 0.1) is 12.7 Å². The van der Waals surface area contributed by atoms with Crippen LogP contribution in [0.15, 0.2) is 11.6 Å². The van der Waals surface area contributed by atoms with Gasteiger partial charge >= 0.3 is 11.9 Å². The highest BCUT2D eigenvalue weighted by Gasteiger charge is 2.39. The molecule has 0 unspecified atom stereocenters. The first kappa shape index (κ1) is 15.9. The molecule has 0 atom stereocenters. The van der Waals surface area contributed by atoms with Gasteiger partial charge in [0.15, 0.2) is 17.5 Å². The molecule has 2 rings (SSSR count). The predicted octanol–water partition coefficient (Wildman–Crippen LogP) is 2.33. The summed E-state index contributed by atoms with van der Waals surface area (Å²) in [6.45, 7) is 2.66. The Labute approximate surface area is 123 Å². The fraction of sp³-hybridized carbons (Fsp3) is 0.286. The van der Waals surface area contributed by atoms with Crippen molar-refractivity contribution in [1.82, 2.24) is 0 Å². The average Bonchev–Trinajstić information content (AvgIpc) is 2.40. The third kappa shape index (κ3) is 2.76. The van der Waals surface area contributed by atoms with Gasteiger partial charge in [-0.3, -0.25) is 0 Å². The lowest BCUT2D eigenvalue weighted by Gasteiger charge is -2.29. The SMILES string of the molecule is COc1cc(F)c(F)c(F)c1C=C1C(=O)OC(C)(C)OC1=O. The minimum atomic E-state index is -1.76. The summed E-state index contributed by atoms with van der Waals surface area (Å²) in [5.74, 6) is -8.84. The molecule has 0 bridgehead atoms. The fourth-order valence-corrected chi connectivity index (χ4v) is 1.81. The van der Waals surface area contributed by atoms with Crippen LogP contribution in [-0.2, 0) is 19.1 Å². The summed E-state index contributed by atoms with van der Waals surface area (Å²) in [5.41, 5.74) is -1.27. The third-order valence-electron chi connectivity index (χ3n) is 2.79. The Bertz CT molecular complexity index is 672. The van der Waals surface area contributed by atoms with Crippen LogP contribution in [0.4, 0.5) is 13.2 Å². The molecule has 1 heterocycles. The maximum Gasteiger partial charge on any atom is 0.348 e. The number of methoxy groups -OCH3 is 1. The quantitative estimate of drug-likeness (QED) is 0.363. The standard InChI is InChI=1S/C14H11F3O5/c1-14(2)21-12(18)7(13(19)22-14)4-6-9(20-3)5-8(15)11(17)10(6)16/h4-5H,1-3H3. The van der Waals surface area contributed by atoms with E-state index in [0.717, 1.165) is 7.11 Å². The minimum absolute atomic E-state index is 0.394. The maximum absolute atomic E-state index is 13.8. The summed E-state index contributed by atoms with van der Waals surface area (Å²) in [6.07, 6.45) is 0.691. The van der Waals surface area contributed by atoms with Crippen molar-refractivity contribution in [3.8, 4) is 5.75 Å². The van der Waals surface area contributed by atoms with E-state index in [0.29, 0.717) is 12.1 Å². The van der Waals surface area contributed by atoms with E-state index in [2.05, 4.69) is 0 Å². The normalized spacial score (nSPS) is 16.9. The van der Waals surface area contributed by atoms with Crippen LogP contribution in [0.5, 0.6) is 5.75 Å². The largest absolute Gasteiger partial charge is 0.496 e. The van der Waals surface area contributed by atoms with E-state index in [1.807, 2.05) is 0 Å². The van der Waals surface area contributed by atoms with E-state index in [9.17, 15) is 22.8 Å². The van der Waals surface area contributed by atoms with Gasteiger partial charge in [-0.1, -0.05) is 0 Å². The first-order valence-corrected chi connectivity index (χ1v) is 6.06. The maximum atomic E-state index is 13.8. The second-order valence-corrected chi connectivity index (χ2v) is 4.84. The molecular weight excluding hydrogens is 305 g/mol. The van der Waals surface area contributed by atoms with E-state index >= 15 is 0 Å². The molecule has 1 aromatic carbocycles. The number of hydrogen-bond acceptors (Lipinski definition) is 5. The molecule has 0 amide bonds. The van der Waals surface area contributed by atoms with Gasteiger partial charge < -0.3 is 14.2 Å². The molecule has 0 radical (unpaired) electrons. The van der Waals surface area contributed by atoms with Crippen LogP contribution in [0.2, 0.25) is 0 Å². The van der Waals surface area contributed by atoms with Crippen molar-refractivity contribution in [2.75, 3.05) is 7.11 Å². The summed E-state index contributed by atoms with van der Waals surface area (Å²) in [5, 5.41) is 0. The summed E-state index contributed by atoms with van der Waals surface area (Å²) in [4.78, 5) is 23.5. The van der Waals surface area contributed by atoms with Crippen LogP contribution < -0.4 is 4.74 Å². The lowest BCUT2D eigenvalue weighted by atomic mass is 10.1. The molecule has 118 valence electrons. The number of rotatable bonds is 2. The van der Waals surface area contributed by atoms with E-state index in [1.54, 1.807) is 0 Å². The monoisotopic (exact) mass is 316 g/mol. The van der Waals surface area contributed by atoms with Gasteiger partial charge in [-0.15, -0.1) is 0 Å². The number of halogens is 3. The molecule has 0 aromatic heterocycles. The van der Waals surface area contributed by atoms with Gasteiger partial charge in [0, 0.05) is 19.9 Å². The predicted molar refractivity (Wildman–Crippen MR) is 67.1 cm³/mol. The molecule has 1 saturated heterocycles. The number of benzene rings is 1. The highest BCUT2D eigenvalue weighted by Crippen LogP contribution is 2.31. The highest BCUT2D eigenvalue weighted by molar-refractivity contribution is 6.19. The Morgan fingerprint density at radius 2 is 1.64 bits per heavy atom. The molecule has 1 aromatic rings. The van der Waals surface area contributed by atoms with Gasteiger partial charge in [-0.2, -0.15) is 0 Å². The molecule has 8 heteroatoms. The van der Waals surface area contributed by atoms with E-state index in [-0.39, 0.29) is 0 Å². The topological polar surface area (TPSA) is 61.8 Å². The van der Waals surface area contributed by atoms with Crippen molar-refractivity contribution in [3.63, 3.8) is 0 Å². The molecule has 1 aliphatic heterocycles. The number of ether oxygens (including phenoxy) is 3. The van der Waals surface area contributed by atoms with Crippen molar-refractivity contribution in [3.05, 3.63) is 34.7 Å². The second kappa shape index (κ2) is 5.36. The third-order valence-corrected chi connectivity index (χ3v) is 2.79. The summed E-state index contributed by atoms with van der Waals surface area (Å²) >= 11 is 0. The number of carbonyl (C=O) groups is 2. The first-order valence-electron chi connectivity index (χ1n) is 6.06. The Hall–Kier alpha value is -2.51. The van der Waals surface area contributed by atoms with Crippen molar-refractivity contribution in [2.24, 2.45) is 0 Å². The molecular formula is C14H11F3O5. The van der Waals surface area contributed by atoms with Crippen molar-refractivity contribution < 1.29 is 37.0 Å².